The van der Waals surface area contributed by atoms with E-state index >= 15 is 0 Å². The molecule has 2 atom stereocenters. The summed E-state index contributed by atoms with van der Waals surface area (Å²) in [4.78, 5) is 49.3. The Hall–Kier alpha value is -3.86. The van der Waals surface area contributed by atoms with Crippen molar-refractivity contribution in [3.05, 3.63) is 52.7 Å². The fourth-order valence-electron chi connectivity index (χ4n) is 3.31. The number of rotatable bonds is 9. The van der Waals surface area contributed by atoms with E-state index in [0.29, 0.717) is 24.2 Å². The molecule has 2 amide bonds. The Morgan fingerprint density at radius 1 is 1.10 bits per heavy atom. The minimum atomic E-state index is -1.29. The highest BCUT2D eigenvalue weighted by Gasteiger charge is 2.25. The molecule has 1 unspecified atom stereocenters. The number of aromatic nitrogens is 1. The van der Waals surface area contributed by atoms with Crippen LogP contribution < -0.4 is 21.7 Å². The van der Waals surface area contributed by atoms with Gasteiger partial charge in [-0.3, -0.25) is 20.1 Å². The number of carbonyl (C=O) groups is 4. The summed E-state index contributed by atoms with van der Waals surface area (Å²) in [5.74, 6) is -2.69. The number of carboxylic acids is 2. The average Bonchev–Trinajstić information content (AvgIpc) is 3.12. The number of hydrogen-bond acceptors (Lipinski definition) is 6. The van der Waals surface area contributed by atoms with Gasteiger partial charge in [0.15, 0.2) is 6.29 Å². The molecule has 2 aromatic rings. The van der Waals surface area contributed by atoms with Gasteiger partial charge in [0, 0.05) is 18.2 Å². The molecular weight excluding hydrogens is 406 g/mol. The molecule has 0 saturated carbocycles. The monoisotopic (exact) mass is 429 g/mol. The van der Waals surface area contributed by atoms with Crippen LogP contribution in [-0.4, -0.2) is 51.3 Å². The van der Waals surface area contributed by atoms with Crippen molar-refractivity contribution in [3.8, 4) is 0 Å². The zero-order chi connectivity index (χ0) is 22.5. The Morgan fingerprint density at radius 3 is 2.45 bits per heavy atom. The average molecular weight is 429 g/mol. The van der Waals surface area contributed by atoms with Crippen molar-refractivity contribution in [2.24, 2.45) is 5.73 Å². The van der Waals surface area contributed by atoms with Crippen molar-refractivity contribution in [3.63, 3.8) is 0 Å². The van der Waals surface area contributed by atoms with Gasteiger partial charge in [0.1, 0.15) is 11.9 Å². The molecule has 11 heteroatoms. The van der Waals surface area contributed by atoms with E-state index in [9.17, 15) is 19.2 Å². The van der Waals surface area contributed by atoms with E-state index in [1.807, 2.05) is 0 Å². The van der Waals surface area contributed by atoms with Crippen LogP contribution in [0.25, 0.3) is 0 Å². The molecule has 0 fully saturated rings. The molecule has 2 heterocycles. The van der Waals surface area contributed by atoms with Gasteiger partial charge in [-0.05, 0) is 42.5 Å². The number of aromatic amines is 1. The van der Waals surface area contributed by atoms with Crippen molar-refractivity contribution < 1.29 is 29.4 Å². The van der Waals surface area contributed by atoms with Gasteiger partial charge in [0.2, 0.25) is 0 Å². The first-order chi connectivity index (χ1) is 14.7. The second-order valence-corrected chi connectivity index (χ2v) is 7.15. The third-order valence-corrected chi connectivity index (χ3v) is 4.92. The van der Waals surface area contributed by atoms with E-state index in [0.717, 1.165) is 11.1 Å². The van der Waals surface area contributed by atoms with Gasteiger partial charge in [-0.2, -0.15) is 0 Å². The van der Waals surface area contributed by atoms with Gasteiger partial charge in [-0.25, -0.2) is 4.79 Å². The Balaban J connectivity index is 1.59. The normalized spacial score (nSPS) is 15.9. The summed E-state index contributed by atoms with van der Waals surface area (Å²) < 4.78 is 0. The maximum absolute atomic E-state index is 12.3. The maximum atomic E-state index is 12.3. The second kappa shape index (κ2) is 9.30. The molecule has 11 nitrogen and oxygen atoms in total. The predicted octanol–water partition coefficient (Wildman–Crippen LogP) is 0.245. The summed E-state index contributed by atoms with van der Waals surface area (Å²) in [6.45, 7) is 0. The lowest BCUT2D eigenvalue weighted by Gasteiger charge is -2.22. The number of aryl methyl sites for hydroxylation is 2. The lowest BCUT2D eigenvalue weighted by molar-refractivity contribution is -0.140. The number of H-pyrrole nitrogens is 1. The fraction of sp³-hybridized carbons (Fsp3) is 0.300. The van der Waals surface area contributed by atoms with E-state index in [1.54, 1.807) is 30.5 Å². The van der Waals surface area contributed by atoms with Gasteiger partial charge in [-0.1, -0.05) is 12.1 Å². The molecular formula is C20H23N5O6. The van der Waals surface area contributed by atoms with Crippen LogP contribution in [0, 0.1) is 0 Å². The molecule has 0 aliphatic carbocycles. The van der Waals surface area contributed by atoms with Crippen molar-refractivity contribution in [1.82, 2.24) is 15.6 Å². The molecule has 0 spiro atoms. The molecule has 0 saturated heterocycles. The van der Waals surface area contributed by atoms with E-state index in [4.69, 9.17) is 15.9 Å². The van der Waals surface area contributed by atoms with E-state index in [2.05, 4.69) is 20.9 Å². The molecule has 1 aromatic heterocycles. The minimum Gasteiger partial charge on any atom is -0.481 e. The molecule has 1 aromatic carbocycles. The van der Waals surface area contributed by atoms with Gasteiger partial charge in [-0.15, -0.1) is 0 Å². The minimum absolute atomic E-state index is 0.206. The number of aliphatic carboxylic acids is 2. The fourth-order valence-corrected chi connectivity index (χ4v) is 3.31. The van der Waals surface area contributed by atoms with Gasteiger partial charge in [0.05, 0.1) is 5.56 Å². The number of anilines is 1. The molecule has 3 rings (SSSR count). The lowest BCUT2D eigenvalue weighted by Crippen LogP contribution is -2.50. The Morgan fingerprint density at radius 2 is 1.81 bits per heavy atom. The number of benzene rings is 1. The topological polar surface area (TPSA) is 187 Å². The highest BCUT2D eigenvalue weighted by atomic mass is 16.4. The third-order valence-electron chi connectivity index (χ3n) is 4.92. The Kier molecular flexibility index (Phi) is 6.55. The van der Waals surface area contributed by atoms with Crippen LogP contribution in [0.4, 0.5) is 5.82 Å². The van der Waals surface area contributed by atoms with Crippen LogP contribution in [0.15, 0.2) is 30.5 Å². The molecule has 31 heavy (non-hydrogen) atoms. The summed E-state index contributed by atoms with van der Waals surface area (Å²) in [5, 5.41) is 25.7. The number of carboxylic acid groups (broad SMARTS) is 2. The quantitative estimate of drug-likeness (QED) is 0.295. The smallest absolute Gasteiger partial charge is 0.326 e. The molecule has 0 bridgehead atoms. The second-order valence-electron chi connectivity index (χ2n) is 7.15. The van der Waals surface area contributed by atoms with E-state index in [-0.39, 0.29) is 24.3 Å². The highest BCUT2D eigenvalue weighted by molar-refractivity contribution is 6.02. The molecule has 164 valence electrons. The number of nitrogens with one attached hydrogen (secondary N) is 4. The Labute approximate surface area is 177 Å². The number of fused-ring (bicyclic) bond motifs is 1. The van der Waals surface area contributed by atoms with Gasteiger partial charge >= 0.3 is 11.9 Å². The summed E-state index contributed by atoms with van der Waals surface area (Å²) in [5.41, 5.74) is 8.22. The van der Waals surface area contributed by atoms with Crippen LogP contribution >= 0.6 is 0 Å². The van der Waals surface area contributed by atoms with Crippen LogP contribution in [0.1, 0.15) is 44.7 Å². The summed E-state index contributed by atoms with van der Waals surface area (Å²) in [7, 11) is 0. The SMILES string of the molecule is NC1NC(=O)c2c(CCc3ccc(C(=O)N[C@@H](CCC(=O)O)C(=O)O)cc3)c[nH]c2N1. The van der Waals surface area contributed by atoms with Crippen molar-refractivity contribution >= 4 is 29.6 Å². The van der Waals surface area contributed by atoms with Crippen LogP contribution in [0.3, 0.4) is 0 Å². The van der Waals surface area contributed by atoms with Gasteiger partial charge < -0.3 is 31.1 Å². The zero-order valence-corrected chi connectivity index (χ0v) is 16.5. The van der Waals surface area contributed by atoms with E-state index < -0.39 is 30.2 Å². The zero-order valence-electron chi connectivity index (χ0n) is 16.5. The Bertz CT molecular complexity index is 1000. The highest BCUT2D eigenvalue weighted by Crippen LogP contribution is 2.23. The molecule has 8 N–H and O–H groups in total. The third kappa shape index (κ3) is 5.39. The van der Waals surface area contributed by atoms with Gasteiger partial charge in [0.25, 0.3) is 11.8 Å². The number of hydrogen-bond donors (Lipinski definition) is 7. The van der Waals surface area contributed by atoms with Crippen molar-refractivity contribution in [2.45, 2.75) is 38.0 Å². The predicted molar refractivity (Wildman–Crippen MR) is 109 cm³/mol. The summed E-state index contributed by atoms with van der Waals surface area (Å²) >= 11 is 0. The van der Waals surface area contributed by atoms with Crippen molar-refractivity contribution in [2.75, 3.05) is 5.32 Å². The number of nitrogens with two attached hydrogens (primary N) is 1. The first kappa shape index (κ1) is 21.8. The summed E-state index contributed by atoms with van der Waals surface area (Å²) in [6.07, 6.45) is 1.73. The number of carbonyl (C=O) groups excluding carboxylic acids is 2. The standard InChI is InChI=1S/C20H23N5O6/c21-20-24-16-15(18(29)25-20)12(9-22-16)6-3-10-1-4-11(5-2-10)17(28)23-13(19(30)31)7-8-14(26)27/h1-2,4-5,9,13,20,22,24H,3,6-8,21H2,(H,23,28)(H,25,29)(H,26,27)(H,30,31)/t13-,20?/m0/s1. The molecule has 1 aliphatic heterocycles. The van der Waals surface area contributed by atoms with Crippen molar-refractivity contribution in [1.29, 1.82) is 0 Å². The maximum Gasteiger partial charge on any atom is 0.326 e. The largest absolute Gasteiger partial charge is 0.481 e. The van der Waals surface area contributed by atoms with Crippen LogP contribution in [0.5, 0.6) is 0 Å². The molecule has 0 radical (unpaired) electrons. The number of amides is 2. The summed E-state index contributed by atoms with van der Waals surface area (Å²) in [6, 6.07) is 5.35. The lowest BCUT2D eigenvalue weighted by atomic mass is 10.0. The van der Waals surface area contributed by atoms with E-state index in [1.165, 1.54) is 0 Å². The van der Waals surface area contributed by atoms with Crippen LogP contribution in [0.2, 0.25) is 0 Å². The first-order valence-electron chi connectivity index (χ1n) is 9.62. The van der Waals surface area contributed by atoms with Crippen LogP contribution in [-0.2, 0) is 22.4 Å². The first-order valence-corrected chi connectivity index (χ1v) is 9.62. The molecule has 1 aliphatic rings.